The van der Waals surface area contributed by atoms with Crippen molar-refractivity contribution in [2.45, 2.75) is 27.7 Å². The maximum Gasteiger partial charge on any atom is 0.137 e. The quantitative estimate of drug-likeness (QED) is 0.136. The average molecular weight is 905 g/mol. The smallest absolute Gasteiger partial charge is 0.137 e. The summed E-state index contributed by atoms with van der Waals surface area (Å²) in [6.07, 6.45) is 8.22. The molecule has 0 aliphatic rings. The highest BCUT2D eigenvalue weighted by Gasteiger charge is 2.24. The first-order valence-electron chi connectivity index (χ1n) is 23.6. The lowest BCUT2D eigenvalue weighted by Crippen LogP contribution is -2.12. The van der Waals surface area contributed by atoms with Crippen LogP contribution in [0, 0.1) is 27.7 Å². The zero-order chi connectivity index (χ0) is 47.3. The lowest BCUT2D eigenvalue weighted by atomic mass is 9.93. The van der Waals surface area contributed by atoms with Gasteiger partial charge in [-0.25, -0.2) is 19.9 Å². The number of imidazole rings is 2. The van der Waals surface area contributed by atoms with Crippen LogP contribution >= 0.6 is 0 Å². The van der Waals surface area contributed by atoms with Gasteiger partial charge in [0.05, 0.1) is 33.8 Å². The van der Waals surface area contributed by atoms with E-state index in [0.717, 1.165) is 124 Å². The van der Waals surface area contributed by atoms with E-state index in [0.29, 0.717) is 0 Å². The first-order chi connectivity index (χ1) is 34.3. The van der Waals surface area contributed by atoms with Crippen LogP contribution in [0.15, 0.2) is 219 Å². The lowest BCUT2D eigenvalue weighted by Gasteiger charge is -2.29. The van der Waals surface area contributed by atoms with Crippen molar-refractivity contribution in [1.82, 2.24) is 28.7 Å². The van der Waals surface area contributed by atoms with Crippen molar-refractivity contribution in [3.05, 3.63) is 241 Å². The van der Waals surface area contributed by atoms with E-state index in [-0.39, 0.29) is 0 Å². The predicted molar refractivity (Wildman–Crippen MR) is 287 cm³/mol. The second kappa shape index (κ2) is 17.5. The van der Waals surface area contributed by atoms with E-state index in [1.807, 2.05) is 60.9 Å². The maximum absolute atomic E-state index is 5.44. The molecule has 0 aliphatic carbocycles. The number of aryl methyl sites for hydroxylation is 4. The molecule has 5 heterocycles. The first-order valence-corrected chi connectivity index (χ1v) is 23.6. The molecule has 5 aromatic heterocycles. The van der Waals surface area contributed by atoms with E-state index < -0.39 is 0 Å². The Balaban J connectivity index is 0.940. The summed E-state index contributed by atoms with van der Waals surface area (Å²) in [5, 5.41) is 0. The Morgan fingerprint density at radius 3 is 1.11 bits per heavy atom. The number of rotatable bonds is 10. The molecule has 0 aliphatic heterocycles. The Hall–Kier alpha value is -9.14. The molecule has 12 aromatic rings. The van der Waals surface area contributed by atoms with Crippen molar-refractivity contribution in [2.24, 2.45) is 0 Å². The molecule has 0 radical (unpaired) electrons. The zero-order valence-corrected chi connectivity index (χ0v) is 39.4. The highest BCUT2D eigenvalue weighted by Crippen LogP contribution is 2.44. The molecule has 12 rings (SSSR count). The van der Waals surface area contributed by atoms with E-state index in [2.05, 4.69) is 204 Å². The van der Waals surface area contributed by atoms with E-state index in [4.69, 9.17) is 19.9 Å². The third-order valence-electron chi connectivity index (χ3n) is 13.2. The molecule has 0 saturated heterocycles. The van der Waals surface area contributed by atoms with Crippen LogP contribution < -0.4 is 9.80 Å². The van der Waals surface area contributed by atoms with Gasteiger partial charge < -0.3 is 18.6 Å². The zero-order valence-electron chi connectivity index (χ0n) is 39.4. The van der Waals surface area contributed by atoms with Crippen molar-refractivity contribution in [1.29, 1.82) is 0 Å². The fourth-order valence-corrected chi connectivity index (χ4v) is 9.69. The molecule has 0 bridgehead atoms. The van der Waals surface area contributed by atoms with Crippen molar-refractivity contribution in [3.8, 4) is 45.0 Å². The molecular weight excluding hydrogens is 857 g/mol. The predicted octanol–water partition coefficient (Wildman–Crippen LogP) is 15.8. The molecular formula is C62H48N8. The molecule has 8 nitrogen and oxygen atoms in total. The van der Waals surface area contributed by atoms with Crippen LogP contribution in [0.3, 0.4) is 0 Å². The van der Waals surface area contributed by atoms with E-state index in [1.165, 1.54) is 0 Å². The van der Waals surface area contributed by atoms with Gasteiger partial charge in [0.25, 0.3) is 0 Å². The van der Waals surface area contributed by atoms with E-state index >= 15 is 0 Å². The van der Waals surface area contributed by atoms with Crippen LogP contribution in [0.2, 0.25) is 0 Å². The molecule has 0 atom stereocenters. The fourth-order valence-electron chi connectivity index (χ4n) is 9.69. The highest BCUT2D eigenvalue weighted by molar-refractivity contribution is 5.91. The van der Waals surface area contributed by atoms with Gasteiger partial charge in [-0.1, -0.05) is 84.9 Å². The first kappa shape index (κ1) is 42.2. The van der Waals surface area contributed by atoms with Gasteiger partial charge in [0.15, 0.2) is 0 Å². The topological polar surface area (TPSA) is 66.9 Å². The van der Waals surface area contributed by atoms with Gasteiger partial charge in [-0.3, -0.25) is 0 Å². The SMILES string of the molecule is Cc1cc(N(c2ccccc2)c2ccc(-c3cn4ccccc4n3)cc2)c(C)cc1-c1nc2ccccc2nc1-c1cc(C)c(N(c2ccccc2)c2ccc(-c3cn4ccccc4n3)cc2)cc1C. The second-order valence-electron chi connectivity index (χ2n) is 17.9. The molecule has 7 aromatic carbocycles. The van der Waals surface area contributed by atoms with Crippen molar-refractivity contribution < 1.29 is 0 Å². The van der Waals surface area contributed by atoms with Gasteiger partial charge in [0.2, 0.25) is 0 Å². The molecule has 0 amide bonds. The van der Waals surface area contributed by atoms with E-state index in [9.17, 15) is 0 Å². The summed E-state index contributed by atoms with van der Waals surface area (Å²) in [5.74, 6) is 0. The number of anilines is 6. The maximum atomic E-state index is 5.44. The Morgan fingerprint density at radius 2 is 0.714 bits per heavy atom. The molecule has 70 heavy (non-hydrogen) atoms. The van der Waals surface area contributed by atoms with Gasteiger partial charge in [-0.2, -0.15) is 0 Å². The van der Waals surface area contributed by atoms with Crippen LogP contribution in [0.25, 0.3) is 67.4 Å². The van der Waals surface area contributed by atoms with Gasteiger partial charge in [-0.15, -0.1) is 0 Å². The largest absolute Gasteiger partial charge is 0.310 e. The molecule has 0 fully saturated rings. The summed E-state index contributed by atoms with van der Waals surface area (Å²) in [5.41, 5.74) is 22.2. The van der Waals surface area contributed by atoms with Gasteiger partial charge >= 0.3 is 0 Å². The normalized spacial score (nSPS) is 11.4. The van der Waals surface area contributed by atoms with Crippen molar-refractivity contribution >= 4 is 56.5 Å². The van der Waals surface area contributed by atoms with Crippen LogP contribution in [-0.4, -0.2) is 28.7 Å². The molecule has 0 saturated carbocycles. The van der Waals surface area contributed by atoms with Crippen LogP contribution in [0.1, 0.15) is 22.3 Å². The summed E-state index contributed by atoms with van der Waals surface area (Å²) in [7, 11) is 0. The van der Waals surface area contributed by atoms with Gasteiger partial charge in [0.1, 0.15) is 11.3 Å². The van der Waals surface area contributed by atoms with Gasteiger partial charge in [0, 0.05) is 81.2 Å². The van der Waals surface area contributed by atoms with Crippen molar-refractivity contribution in [3.63, 3.8) is 0 Å². The number of fused-ring (bicyclic) bond motifs is 3. The number of aromatic nitrogens is 6. The molecule has 8 heteroatoms. The minimum absolute atomic E-state index is 0.853. The van der Waals surface area contributed by atoms with Gasteiger partial charge in [-0.05, 0) is 159 Å². The Bertz CT molecular complexity index is 3550. The second-order valence-corrected chi connectivity index (χ2v) is 17.9. The number of pyridine rings is 2. The molecule has 0 unspecified atom stereocenters. The Kier molecular flexibility index (Phi) is 10.6. The minimum Gasteiger partial charge on any atom is -0.310 e. The third-order valence-corrected chi connectivity index (χ3v) is 13.2. The Labute approximate surface area is 407 Å². The standard InChI is InChI=1S/C62H48N8/c1-41-37-57(69(47-17-7-5-8-18-47)49-29-25-45(26-30-49)55-39-67-33-15-13-23-59(67)63-55)43(3)35-51(41)61-62(66-54-22-12-11-21-53(54)65-61)52-36-44(4)58(38-42(52)2)70(48-19-9-6-10-20-48)50-31-27-46(28-32-50)56-40-68-34-16-14-24-60(68)64-56/h5-40H,1-4H3. The Morgan fingerprint density at radius 1 is 0.343 bits per heavy atom. The number of nitrogens with zero attached hydrogens (tertiary/aromatic N) is 8. The average Bonchev–Trinajstić information content (AvgIpc) is 4.05. The minimum atomic E-state index is 0.853. The van der Waals surface area contributed by atoms with Crippen LogP contribution in [0.5, 0.6) is 0 Å². The number of hydrogen-bond donors (Lipinski definition) is 0. The van der Waals surface area contributed by atoms with Crippen LogP contribution in [0.4, 0.5) is 34.1 Å². The molecule has 336 valence electrons. The third kappa shape index (κ3) is 7.71. The molecule has 0 N–H and O–H groups in total. The van der Waals surface area contributed by atoms with E-state index in [1.54, 1.807) is 0 Å². The summed E-state index contributed by atoms with van der Waals surface area (Å²) < 4.78 is 4.11. The summed E-state index contributed by atoms with van der Waals surface area (Å²) in [6.45, 7) is 8.76. The van der Waals surface area contributed by atoms with Crippen molar-refractivity contribution in [2.75, 3.05) is 9.80 Å². The number of benzene rings is 7. The van der Waals surface area contributed by atoms with Crippen LogP contribution in [-0.2, 0) is 0 Å². The summed E-state index contributed by atoms with van der Waals surface area (Å²) in [4.78, 5) is 25.3. The number of hydrogen-bond acceptors (Lipinski definition) is 6. The fraction of sp³-hybridized carbons (Fsp3) is 0.0645. The summed E-state index contributed by atoms with van der Waals surface area (Å²) >= 11 is 0. The number of para-hydroxylation sites is 4. The molecule has 0 spiro atoms. The highest BCUT2D eigenvalue weighted by atomic mass is 15.2. The monoisotopic (exact) mass is 904 g/mol. The lowest BCUT2D eigenvalue weighted by molar-refractivity contribution is 1.19. The summed E-state index contributed by atoms with van der Waals surface area (Å²) in [6, 6.07) is 68.0.